The van der Waals surface area contributed by atoms with Gasteiger partial charge in [-0.05, 0) is 12.1 Å². The molecule has 0 bridgehead atoms. The molecule has 1 aromatic carbocycles. The minimum absolute atomic E-state index is 0.168. The fourth-order valence-corrected chi connectivity index (χ4v) is 1.99. The van der Waals surface area contributed by atoms with Crippen LogP contribution in [0.15, 0.2) is 52.0 Å². The van der Waals surface area contributed by atoms with Gasteiger partial charge in [-0.25, -0.2) is 9.59 Å². The van der Waals surface area contributed by atoms with Crippen molar-refractivity contribution >= 4 is 5.97 Å². The lowest BCUT2D eigenvalue weighted by molar-refractivity contribution is 0.0652. The highest BCUT2D eigenvalue weighted by molar-refractivity contribution is 5.85. The second-order valence-electron chi connectivity index (χ2n) is 4.49. The molecular formula is C14H11N3O4. The van der Waals surface area contributed by atoms with Crippen LogP contribution >= 0.6 is 0 Å². The van der Waals surface area contributed by atoms with Crippen molar-refractivity contribution in [1.82, 2.24) is 14.3 Å². The van der Waals surface area contributed by atoms with E-state index in [1.807, 2.05) is 0 Å². The molecule has 0 aliphatic carbocycles. The van der Waals surface area contributed by atoms with Crippen LogP contribution in [0.25, 0.3) is 16.9 Å². The molecule has 21 heavy (non-hydrogen) atoms. The highest BCUT2D eigenvalue weighted by Gasteiger charge is 2.13. The first-order valence-electron chi connectivity index (χ1n) is 6.11. The Bertz CT molecular complexity index is 872. The van der Waals surface area contributed by atoms with Crippen LogP contribution in [-0.4, -0.2) is 25.4 Å². The van der Waals surface area contributed by atoms with Crippen LogP contribution in [0.1, 0.15) is 10.6 Å². The number of rotatable bonds is 3. The molecule has 1 N–H and O–H groups in total. The van der Waals surface area contributed by atoms with Crippen LogP contribution in [0, 0.1) is 0 Å². The molecule has 7 heteroatoms. The van der Waals surface area contributed by atoms with Crippen LogP contribution in [0.3, 0.4) is 0 Å². The minimum Gasteiger partial charge on any atom is -0.475 e. The average Bonchev–Trinajstić information content (AvgIpc) is 3.08. The number of carboxylic acid groups (broad SMARTS) is 1. The number of hydrogen-bond donors (Lipinski definition) is 1. The first kappa shape index (κ1) is 12.9. The molecule has 2 heterocycles. The molecule has 0 spiro atoms. The lowest BCUT2D eigenvalue weighted by Crippen LogP contribution is -2.20. The van der Waals surface area contributed by atoms with Gasteiger partial charge in [-0.1, -0.05) is 17.3 Å². The Balaban J connectivity index is 2.05. The van der Waals surface area contributed by atoms with Gasteiger partial charge < -0.3 is 14.2 Å². The van der Waals surface area contributed by atoms with E-state index >= 15 is 0 Å². The summed E-state index contributed by atoms with van der Waals surface area (Å²) < 4.78 is 7.68. The van der Waals surface area contributed by atoms with E-state index in [1.54, 1.807) is 43.7 Å². The SMILES string of the molecule is Cn1ccn(-c2cccc(-c3cc(C(=O)O)on3)c2)c1=O. The number of imidazole rings is 1. The Hall–Kier alpha value is -3.09. The third kappa shape index (κ3) is 2.25. The Kier molecular flexibility index (Phi) is 2.94. The number of nitrogens with zero attached hydrogens (tertiary/aromatic N) is 3. The van der Waals surface area contributed by atoms with Crippen LogP contribution < -0.4 is 5.69 Å². The Morgan fingerprint density at radius 3 is 2.71 bits per heavy atom. The molecule has 3 rings (SSSR count). The molecule has 0 unspecified atom stereocenters. The summed E-state index contributed by atoms with van der Waals surface area (Å²) in [7, 11) is 1.67. The van der Waals surface area contributed by atoms with Crippen LogP contribution in [0.5, 0.6) is 0 Å². The number of hydrogen-bond acceptors (Lipinski definition) is 4. The van der Waals surface area contributed by atoms with E-state index in [9.17, 15) is 9.59 Å². The largest absolute Gasteiger partial charge is 0.475 e. The zero-order chi connectivity index (χ0) is 15.0. The van der Waals surface area contributed by atoms with Crippen LogP contribution in [0.2, 0.25) is 0 Å². The van der Waals surface area contributed by atoms with Gasteiger partial charge in [0, 0.05) is 31.1 Å². The molecule has 0 aliphatic heterocycles. The number of aryl methyl sites for hydroxylation is 1. The van der Waals surface area contributed by atoms with Gasteiger partial charge in [0.25, 0.3) is 0 Å². The van der Waals surface area contributed by atoms with Gasteiger partial charge in [0.05, 0.1) is 5.69 Å². The van der Waals surface area contributed by atoms with Gasteiger partial charge in [0.15, 0.2) is 0 Å². The van der Waals surface area contributed by atoms with Crippen LogP contribution in [-0.2, 0) is 7.05 Å². The summed E-state index contributed by atoms with van der Waals surface area (Å²) in [5, 5.41) is 12.6. The first-order valence-corrected chi connectivity index (χ1v) is 6.11. The zero-order valence-corrected chi connectivity index (χ0v) is 11.1. The lowest BCUT2D eigenvalue weighted by Gasteiger charge is -2.03. The second kappa shape index (κ2) is 4.78. The molecule has 2 aromatic heterocycles. The number of carboxylic acids is 1. The van der Waals surface area contributed by atoms with E-state index < -0.39 is 5.97 Å². The van der Waals surface area contributed by atoms with Gasteiger partial charge in [0.2, 0.25) is 5.76 Å². The van der Waals surface area contributed by atoms with E-state index in [2.05, 4.69) is 5.16 Å². The maximum absolute atomic E-state index is 11.9. The summed E-state index contributed by atoms with van der Waals surface area (Å²) in [6.45, 7) is 0. The second-order valence-corrected chi connectivity index (χ2v) is 4.49. The molecule has 3 aromatic rings. The van der Waals surface area contributed by atoms with Crippen molar-refractivity contribution in [1.29, 1.82) is 0 Å². The molecule has 0 saturated heterocycles. The molecule has 7 nitrogen and oxygen atoms in total. The fourth-order valence-electron chi connectivity index (χ4n) is 1.99. The summed E-state index contributed by atoms with van der Waals surface area (Å²) >= 11 is 0. The van der Waals surface area contributed by atoms with Crippen molar-refractivity contribution in [2.75, 3.05) is 0 Å². The van der Waals surface area contributed by atoms with E-state index in [1.165, 1.54) is 15.2 Å². The Labute approximate surface area is 118 Å². The molecule has 0 aliphatic rings. The number of benzene rings is 1. The first-order chi connectivity index (χ1) is 10.1. The molecule has 0 atom stereocenters. The predicted octanol–water partition coefficient (Wildman–Crippen LogP) is 1.53. The highest BCUT2D eigenvalue weighted by atomic mass is 16.5. The van der Waals surface area contributed by atoms with Crippen LogP contribution in [0.4, 0.5) is 0 Å². The molecule has 106 valence electrons. The van der Waals surface area contributed by atoms with E-state index in [0.717, 1.165) is 0 Å². The molecule has 0 radical (unpaired) electrons. The van der Waals surface area contributed by atoms with Crippen molar-refractivity contribution < 1.29 is 14.4 Å². The highest BCUT2D eigenvalue weighted by Crippen LogP contribution is 2.21. The van der Waals surface area contributed by atoms with Gasteiger partial charge in [-0.3, -0.25) is 4.57 Å². The summed E-state index contributed by atoms with van der Waals surface area (Å²) in [4.78, 5) is 22.7. The monoisotopic (exact) mass is 285 g/mol. The van der Waals surface area contributed by atoms with Crippen molar-refractivity contribution in [3.63, 3.8) is 0 Å². The topological polar surface area (TPSA) is 90.3 Å². The van der Waals surface area contributed by atoms with Gasteiger partial charge in [-0.15, -0.1) is 0 Å². The summed E-state index contributed by atoms with van der Waals surface area (Å²) in [5.41, 5.74) is 1.56. The molecule has 0 fully saturated rings. The van der Waals surface area contributed by atoms with Gasteiger partial charge in [0.1, 0.15) is 5.69 Å². The minimum atomic E-state index is -1.18. The van der Waals surface area contributed by atoms with Gasteiger partial charge >= 0.3 is 11.7 Å². The number of aromatic nitrogens is 3. The third-order valence-corrected chi connectivity index (χ3v) is 3.09. The summed E-state index contributed by atoms with van der Waals surface area (Å²) in [6.07, 6.45) is 3.32. The zero-order valence-electron chi connectivity index (χ0n) is 11.1. The average molecular weight is 285 g/mol. The molecule has 0 saturated carbocycles. The fraction of sp³-hybridized carbons (Fsp3) is 0.0714. The van der Waals surface area contributed by atoms with E-state index in [-0.39, 0.29) is 11.4 Å². The third-order valence-electron chi connectivity index (χ3n) is 3.09. The number of carbonyl (C=O) groups is 1. The normalized spacial score (nSPS) is 10.7. The van der Waals surface area contributed by atoms with E-state index in [4.69, 9.17) is 9.63 Å². The lowest BCUT2D eigenvalue weighted by atomic mass is 10.1. The van der Waals surface area contributed by atoms with E-state index in [0.29, 0.717) is 16.9 Å². The van der Waals surface area contributed by atoms with Crippen molar-refractivity contribution in [3.8, 4) is 16.9 Å². The maximum Gasteiger partial charge on any atom is 0.374 e. The quantitative estimate of drug-likeness (QED) is 0.788. The van der Waals surface area contributed by atoms with Crippen molar-refractivity contribution in [2.24, 2.45) is 7.05 Å². The molecular weight excluding hydrogens is 274 g/mol. The van der Waals surface area contributed by atoms with Crippen molar-refractivity contribution in [2.45, 2.75) is 0 Å². The summed E-state index contributed by atoms with van der Waals surface area (Å²) in [6, 6.07) is 8.39. The summed E-state index contributed by atoms with van der Waals surface area (Å²) in [5.74, 6) is -1.41. The predicted molar refractivity (Wildman–Crippen MR) is 73.5 cm³/mol. The Morgan fingerprint density at radius 1 is 1.29 bits per heavy atom. The smallest absolute Gasteiger partial charge is 0.374 e. The Morgan fingerprint density at radius 2 is 2.10 bits per heavy atom. The van der Waals surface area contributed by atoms with Crippen molar-refractivity contribution in [3.05, 3.63) is 59.0 Å². The van der Waals surface area contributed by atoms with Gasteiger partial charge in [-0.2, -0.15) is 0 Å². The standard InChI is InChI=1S/C14H11N3O4/c1-16-5-6-17(14(16)20)10-4-2-3-9(7-10)11-8-12(13(18)19)21-15-11/h2-8H,1H3,(H,18,19). The number of aromatic carboxylic acids is 1. The molecule has 0 amide bonds. The maximum atomic E-state index is 11.9.